The van der Waals surface area contributed by atoms with Gasteiger partial charge in [0.25, 0.3) is 0 Å². The van der Waals surface area contributed by atoms with E-state index in [1.807, 2.05) is 0 Å². The Labute approximate surface area is 123 Å². The lowest BCUT2D eigenvalue weighted by atomic mass is 10.2. The summed E-state index contributed by atoms with van der Waals surface area (Å²) in [5, 5.41) is 0.996. The molecule has 2 aromatic rings. The van der Waals surface area contributed by atoms with Crippen molar-refractivity contribution in [3.05, 3.63) is 62.3 Å². The zero-order valence-corrected chi connectivity index (χ0v) is 12.2. The van der Waals surface area contributed by atoms with Crippen LogP contribution in [0.15, 0.2) is 40.9 Å². The first-order valence-corrected chi connectivity index (χ1v) is 6.63. The van der Waals surface area contributed by atoms with Gasteiger partial charge in [0.05, 0.1) is 5.02 Å². The van der Waals surface area contributed by atoms with E-state index in [9.17, 15) is 4.39 Å². The van der Waals surface area contributed by atoms with Crippen LogP contribution in [0.25, 0.3) is 0 Å². The third kappa shape index (κ3) is 3.37. The summed E-state index contributed by atoms with van der Waals surface area (Å²) in [4.78, 5) is 0. The first-order valence-electron chi connectivity index (χ1n) is 5.08. The van der Waals surface area contributed by atoms with Crippen molar-refractivity contribution in [3.8, 4) is 5.75 Å². The molecule has 5 heteroatoms. The highest BCUT2D eigenvalue weighted by molar-refractivity contribution is 9.10. The molecule has 2 aromatic carbocycles. The molecule has 0 heterocycles. The van der Waals surface area contributed by atoms with E-state index in [-0.39, 0.29) is 5.82 Å². The van der Waals surface area contributed by atoms with Gasteiger partial charge in [-0.2, -0.15) is 0 Å². The largest absolute Gasteiger partial charge is 0.487 e. The van der Waals surface area contributed by atoms with Crippen LogP contribution in [-0.4, -0.2) is 0 Å². The zero-order chi connectivity index (χ0) is 13.1. The molecule has 0 aromatic heterocycles. The van der Waals surface area contributed by atoms with E-state index in [2.05, 4.69) is 15.9 Å². The Balaban J connectivity index is 2.11. The molecule has 0 spiro atoms. The summed E-state index contributed by atoms with van der Waals surface area (Å²) in [6.45, 7) is 0.294. The van der Waals surface area contributed by atoms with Gasteiger partial charge in [0.1, 0.15) is 18.2 Å². The van der Waals surface area contributed by atoms with Gasteiger partial charge < -0.3 is 4.74 Å². The van der Waals surface area contributed by atoms with Gasteiger partial charge in [-0.3, -0.25) is 0 Å². The molecule has 0 radical (unpaired) electrons. The van der Waals surface area contributed by atoms with E-state index in [0.29, 0.717) is 26.9 Å². The van der Waals surface area contributed by atoms with Crippen LogP contribution in [0.3, 0.4) is 0 Å². The van der Waals surface area contributed by atoms with Crippen LogP contribution in [0, 0.1) is 5.82 Å². The van der Waals surface area contributed by atoms with Crippen LogP contribution in [0.2, 0.25) is 10.0 Å². The van der Waals surface area contributed by atoms with Gasteiger partial charge in [0.15, 0.2) is 0 Å². The van der Waals surface area contributed by atoms with Gasteiger partial charge >= 0.3 is 0 Å². The summed E-state index contributed by atoms with van der Waals surface area (Å²) in [5.74, 6) is 0.243. The van der Waals surface area contributed by atoms with E-state index in [4.69, 9.17) is 27.9 Å². The summed E-state index contributed by atoms with van der Waals surface area (Å²) in [6.07, 6.45) is 0. The number of halogens is 4. The predicted molar refractivity (Wildman–Crippen MR) is 74.9 cm³/mol. The van der Waals surface area contributed by atoms with Crippen LogP contribution < -0.4 is 4.74 Å². The molecule has 1 nitrogen and oxygen atoms in total. The highest BCUT2D eigenvalue weighted by Gasteiger charge is 2.05. The maximum atomic E-state index is 12.9. The van der Waals surface area contributed by atoms with Crippen molar-refractivity contribution in [2.45, 2.75) is 6.61 Å². The summed E-state index contributed by atoms with van der Waals surface area (Å²) in [5.41, 5.74) is 0.836. The minimum Gasteiger partial charge on any atom is -0.487 e. The quantitative estimate of drug-likeness (QED) is 0.713. The lowest BCUT2D eigenvalue weighted by Gasteiger charge is -2.09. The number of hydrogen-bond donors (Lipinski definition) is 0. The van der Waals surface area contributed by atoms with Gasteiger partial charge in [0.2, 0.25) is 0 Å². The Morgan fingerprint density at radius 1 is 1.11 bits per heavy atom. The van der Waals surface area contributed by atoms with Gasteiger partial charge in [-0.15, -0.1) is 0 Å². The lowest BCUT2D eigenvalue weighted by molar-refractivity contribution is 0.305. The Morgan fingerprint density at radius 3 is 2.56 bits per heavy atom. The first kappa shape index (κ1) is 13.7. The fraction of sp³-hybridized carbons (Fsp3) is 0.0769. The van der Waals surface area contributed by atoms with Crippen LogP contribution in [-0.2, 0) is 6.61 Å². The molecule has 0 saturated carbocycles. The topological polar surface area (TPSA) is 9.23 Å². The van der Waals surface area contributed by atoms with Crippen LogP contribution in [0.1, 0.15) is 5.56 Å². The SMILES string of the molecule is Fc1ccc(COc2ccc(Cl)cc2Cl)c(Br)c1. The summed E-state index contributed by atoms with van der Waals surface area (Å²) in [6, 6.07) is 9.43. The molecule has 0 fully saturated rings. The standard InChI is InChI=1S/C13H8BrCl2FO/c14-11-6-10(17)3-1-8(11)7-18-13-4-2-9(15)5-12(13)16/h1-6H,7H2. The van der Waals surface area contributed by atoms with Gasteiger partial charge in [-0.1, -0.05) is 45.2 Å². The molecule has 0 atom stereocenters. The van der Waals surface area contributed by atoms with Gasteiger partial charge in [-0.05, 0) is 30.3 Å². The second kappa shape index (κ2) is 5.91. The number of ether oxygens (including phenoxy) is 1. The Bertz CT molecular complexity index is 523. The van der Waals surface area contributed by atoms with Crippen molar-refractivity contribution >= 4 is 39.1 Å². The minimum absolute atomic E-state index is 0.294. The van der Waals surface area contributed by atoms with E-state index in [0.717, 1.165) is 5.56 Å². The second-order valence-corrected chi connectivity index (χ2v) is 5.30. The highest BCUT2D eigenvalue weighted by Crippen LogP contribution is 2.29. The summed E-state index contributed by atoms with van der Waals surface area (Å²) < 4.78 is 19.1. The van der Waals surface area contributed by atoms with Crippen molar-refractivity contribution in [1.29, 1.82) is 0 Å². The van der Waals surface area contributed by atoms with Crippen LogP contribution >= 0.6 is 39.1 Å². The number of benzene rings is 2. The first-order chi connectivity index (χ1) is 8.56. The van der Waals surface area contributed by atoms with Crippen molar-refractivity contribution in [3.63, 3.8) is 0 Å². The minimum atomic E-state index is -0.296. The lowest BCUT2D eigenvalue weighted by Crippen LogP contribution is -1.97. The van der Waals surface area contributed by atoms with Gasteiger partial charge in [-0.25, -0.2) is 4.39 Å². The molecular formula is C13H8BrCl2FO. The van der Waals surface area contributed by atoms with Gasteiger partial charge in [0, 0.05) is 15.1 Å². The highest BCUT2D eigenvalue weighted by atomic mass is 79.9. The second-order valence-electron chi connectivity index (χ2n) is 3.60. The molecule has 0 aliphatic carbocycles. The maximum absolute atomic E-state index is 12.9. The molecule has 94 valence electrons. The average molecular weight is 350 g/mol. The molecule has 0 amide bonds. The molecule has 0 bridgehead atoms. The molecule has 0 aliphatic heterocycles. The Hall–Kier alpha value is -0.770. The normalized spacial score (nSPS) is 10.4. The third-order valence-corrected chi connectivity index (χ3v) is 3.56. The Kier molecular flexibility index (Phi) is 4.49. The summed E-state index contributed by atoms with van der Waals surface area (Å²) >= 11 is 15.0. The number of hydrogen-bond acceptors (Lipinski definition) is 1. The van der Waals surface area contributed by atoms with E-state index in [1.54, 1.807) is 24.3 Å². The molecule has 0 N–H and O–H groups in total. The van der Waals surface area contributed by atoms with Crippen LogP contribution in [0.5, 0.6) is 5.75 Å². The Morgan fingerprint density at radius 2 is 1.89 bits per heavy atom. The van der Waals surface area contributed by atoms with E-state index in [1.165, 1.54) is 12.1 Å². The fourth-order valence-electron chi connectivity index (χ4n) is 1.39. The van der Waals surface area contributed by atoms with Crippen molar-refractivity contribution in [2.24, 2.45) is 0 Å². The molecule has 0 saturated heterocycles. The molecule has 18 heavy (non-hydrogen) atoms. The molecule has 0 unspecified atom stereocenters. The van der Waals surface area contributed by atoms with Crippen molar-refractivity contribution in [2.75, 3.05) is 0 Å². The maximum Gasteiger partial charge on any atom is 0.138 e. The van der Waals surface area contributed by atoms with Crippen molar-refractivity contribution < 1.29 is 9.13 Å². The third-order valence-electron chi connectivity index (χ3n) is 2.29. The molecule has 2 rings (SSSR count). The fourth-order valence-corrected chi connectivity index (χ4v) is 2.31. The van der Waals surface area contributed by atoms with Crippen LogP contribution in [0.4, 0.5) is 4.39 Å². The molecular weight excluding hydrogens is 342 g/mol. The monoisotopic (exact) mass is 348 g/mol. The van der Waals surface area contributed by atoms with E-state index >= 15 is 0 Å². The molecule has 0 aliphatic rings. The van der Waals surface area contributed by atoms with E-state index < -0.39 is 0 Å². The predicted octanol–water partition coefficient (Wildman–Crippen LogP) is 5.47. The average Bonchev–Trinajstić information content (AvgIpc) is 2.30. The zero-order valence-electron chi connectivity index (χ0n) is 9.09. The smallest absolute Gasteiger partial charge is 0.138 e. The number of rotatable bonds is 3. The van der Waals surface area contributed by atoms with Crippen molar-refractivity contribution in [1.82, 2.24) is 0 Å². The summed E-state index contributed by atoms with van der Waals surface area (Å²) in [7, 11) is 0.